The highest BCUT2D eigenvalue weighted by atomic mass is 16.7. The number of H-pyrrole nitrogens is 1. The number of hydrogen-bond donors (Lipinski definition) is 2. The van der Waals surface area contributed by atoms with Gasteiger partial charge in [-0.15, -0.1) is 0 Å². The van der Waals surface area contributed by atoms with E-state index in [-0.39, 0.29) is 5.88 Å². The lowest BCUT2D eigenvalue weighted by Crippen LogP contribution is -2.03. The zero-order valence-electron chi connectivity index (χ0n) is 7.83. The average molecular weight is 206 g/mol. The molecule has 2 aromatic heterocycles. The molecule has 2 N–H and O–H groups in total. The number of hydrogen-bond acceptors (Lipinski definition) is 3. The number of nitrogens with zero attached hydrogens (tertiary/aromatic N) is 1. The van der Waals surface area contributed by atoms with Crippen molar-refractivity contribution in [3.63, 3.8) is 0 Å². The summed E-state index contributed by atoms with van der Waals surface area (Å²) in [7, 11) is 0. The minimum atomic E-state index is -1.35. The molecule has 2 rings (SSSR count). The number of aromatic amines is 1. The molecule has 0 bridgehead atoms. The highest BCUT2D eigenvalue weighted by Crippen LogP contribution is 2.02. The molecule has 5 nitrogen and oxygen atoms in total. The largest absolute Gasteiger partial charge is 0.512 e. The Hall–Kier alpha value is -2.30. The van der Waals surface area contributed by atoms with Gasteiger partial charge in [0, 0.05) is 24.7 Å². The normalized spacial score (nSPS) is 8.53. The van der Waals surface area contributed by atoms with Crippen molar-refractivity contribution in [2.24, 2.45) is 0 Å². The van der Waals surface area contributed by atoms with Crippen LogP contribution in [0.5, 0.6) is 5.88 Å². The van der Waals surface area contributed by atoms with Crippen LogP contribution in [0.1, 0.15) is 0 Å². The van der Waals surface area contributed by atoms with Crippen molar-refractivity contribution in [3.05, 3.63) is 48.9 Å². The molecule has 0 fully saturated rings. The van der Waals surface area contributed by atoms with E-state index in [1.165, 1.54) is 12.3 Å². The lowest BCUT2D eigenvalue weighted by molar-refractivity contribution is 0.142. The molecule has 0 aliphatic heterocycles. The molecule has 0 radical (unpaired) electrons. The van der Waals surface area contributed by atoms with Crippen LogP contribution in [0.25, 0.3) is 0 Å². The topological polar surface area (TPSA) is 75.2 Å². The Morgan fingerprint density at radius 3 is 2.40 bits per heavy atom. The van der Waals surface area contributed by atoms with Crippen molar-refractivity contribution in [1.82, 2.24) is 9.97 Å². The van der Waals surface area contributed by atoms with E-state index >= 15 is 0 Å². The molecule has 5 heteroatoms. The van der Waals surface area contributed by atoms with E-state index in [9.17, 15) is 4.79 Å². The summed E-state index contributed by atoms with van der Waals surface area (Å²) in [6, 6.07) is 8.67. The molecule has 0 saturated carbocycles. The van der Waals surface area contributed by atoms with Gasteiger partial charge in [0.2, 0.25) is 5.88 Å². The number of aromatic nitrogens is 2. The third kappa shape index (κ3) is 5.09. The van der Waals surface area contributed by atoms with Crippen molar-refractivity contribution in [2.45, 2.75) is 0 Å². The maximum absolute atomic E-state index is 9.91. The van der Waals surface area contributed by atoms with Gasteiger partial charge in [-0.05, 0) is 18.2 Å². The maximum Gasteiger partial charge on any atom is 0.512 e. The Labute approximate surface area is 86.4 Å². The minimum absolute atomic E-state index is 0.0926. The zero-order valence-corrected chi connectivity index (χ0v) is 7.83. The molecule has 0 atom stereocenters. The lowest BCUT2D eigenvalue weighted by Gasteiger charge is -1.94. The molecule has 0 saturated heterocycles. The summed E-state index contributed by atoms with van der Waals surface area (Å²) in [5.74, 6) is 0.0926. The van der Waals surface area contributed by atoms with Gasteiger partial charge >= 0.3 is 6.16 Å². The molecule has 0 aliphatic rings. The van der Waals surface area contributed by atoms with E-state index in [4.69, 9.17) is 5.11 Å². The van der Waals surface area contributed by atoms with E-state index in [0.29, 0.717) is 0 Å². The number of ether oxygens (including phenoxy) is 1. The fourth-order valence-corrected chi connectivity index (χ4v) is 0.775. The third-order valence-corrected chi connectivity index (χ3v) is 1.33. The van der Waals surface area contributed by atoms with E-state index in [1.807, 2.05) is 24.5 Å². The summed E-state index contributed by atoms with van der Waals surface area (Å²) in [6.45, 7) is 0. The molecule has 0 amide bonds. The Kier molecular flexibility index (Phi) is 4.45. The van der Waals surface area contributed by atoms with Crippen LogP contribution in [0.4, 0.5) is 4.79 Å². The van der Waals surface area contributed by atoms with Crippen molar-refractivity contribution in [2.75, 3.05) is 0 Å². The van der Waals surface area contributed by atoms with Gasteiger partial charge in [0.15, 0.2) is 0 Å². The average Bonchev–Trinajstić information content (AvgIpc) is 2.76. The summed E-state index contributed by atoms with van der Waals surface area (Å²) in [6.07, 6.45) is 3.86. The van der Waals surface area contributed by atoms with Gasteiger partial charge < -0.3 is 14.8 Å². The van der Waals surface area contributed by atoms with E-state index < -0.39 is 6.16 Å². The molecule has 0 spiro atoms. The number of carboxylic acid groups (broad SMARTS) is 1. The summed E-state index contributed by atoms with van der Waals surface area (Å²) in [4.78, 5) is 16.4. The Morgan fingerprint density at radius 2 is 2.00 bits per heavy atom. The molecule has 78 valence electrons. The Bertz CT molecular complexity index is 356. The summed E-state index contributed by atoms with van der Waals surface area (Å²) in [5, 5.41) is 8.10. The highest BCUT2D eigenvalue weighted by Gasteiger charge is 1.97. The molecular formula is C10H10N2O3. The highest BCUT2D eigenvalue weighted by molar-refractivity contribution is 5.60. The van der Waals surface area contributed by atoms with Crippen molar-refractivity contribution >= 4 is 6.16 Å². The van der Waals surface area contributed by atoms with E-state index in [0.717, 1.165) is 0 Å². The number of rotatable bonds is 1. The van der Waals surface area contributed by atoms with Crippen LogP contribution in [-0.4, -0.2) is 21.2 Å². The zero-order chi connectivity index (χ0) is 10.9. The Morgan fingerprint density at radius 1 is 1.27 bits per heavy atom. The van der Waals surface area contributed by atoms with Gasteiger partial charge in [-0.3, -0.25) is 0 Å². The van der Waals surface area contributed by atoms with Gasteiger partial charge in [0.1, 0.15) is 0 Å². The smallest absolute Gasteiger partial charge is 0.449 e. The monoisotopic (exact) mass is 206 g/mol. The van der Waals surface area contributed by atoms with Crippen LogP contribution >= 0.6 is 0 Å². The summed E-state index contributed by atoms with van der Waals surface area (Å²) >= 11 is 0. The predicted octanol–water partition coefficient (Wildman–Crippen LogP) is 2.15. The number of carbonyl (C=O) groups is 1. The minimum Gasteiger partial charge on any atom is -0.449 e. The molecule has 2 aromatic rings. The van der Waals surface area contributed by atoms with Crippen molar-refractivity contribution < 1.29 is 14.6 Å². The maximum atomic E-state index is 9.91. The summed E-state index contributed by atoms with van der Waals surface area (Å²) in [5.41, 5.74) is 0. The van der Waals surface area contributed by atoms with Gasteiger partial charge in [-0.1, -0.05) is 6.07 Å². The van der Waals surface area contributed by atoms with Crippen LogP contribution in [0.15, 0.2) is 48.9 Å². The molecule has 0 aliphatic carbocycles. The van der Waals surface area contributed by atoms with E-state index in [2.05, 4.69) is 14.7 Å². The van der Waals surface area contributed by atoms with Gasteiger partial charge in [-0.25, -0.2) is 9.78 Å². The van der Waals surface area contributed by atoms with Gasteiger partial charge in [0.05, 0.1) is 0 Å². The Balaban J connectivity index is 0.000000187. The van der Waals surface area contributed by atoms with Crippen LogP contribution < -0.4 is 4.74 Å². The molecule has 0 unspecified atom stereocenters. The van der Waals surface area contributed by atoms with Crippen LogP contribution in [-0.2, 0) is 0 Å². The first kappa shape index (κ1) is 10.8. The van der Waals surface area contributed by atoms with Crippen LogP contribution in [0.2, 0.25) is 0 Å². The van der Waals surface area contributed by atoms with Crippen LogP contribution in [0.3, 0.4) is 0 Å². The molecular weight excluding hydrogens is 196 g/mol. The predicted molar refractivity (Wildman–Crippen MR) is 53.7 cm³/mol. The number of nitrogens with one attached hydrogen (secondary N) is 1. The first-order chi connectivity index (χ1) is 7.29. The van der Waals surface area contributed by atoms with Crippen molar-refractivity contribution in [3.8, 4) is 5.88 Å². The molecule has 15 heavy (non-hydrogen) atoms. The first-order valence-corrected chi connectivity index (χ1v) is 4.18. The molecule has 2 heterocycles. The van der Waals surface area contributed by atoms with Crippen molar-refractivity contribution in [1.29, 1.82) is 0 Å². The number of pyridine rings is 1. The first-order valence-electron chi connectivity index (χ1n) is 4.18. The molecule has 0 aromatic carbocycles. The third-order valence-electron chi connectivity index (χ3n) is 1.33. The van der Waals surface area contributed by atoms with Crippen LogP contribution in [0, 0.1) is 0 Å². The fourth-order valence-electron chi connectivity index (χ4n) is 0.775. The quantitative estimate of drug-likeness (QED) is 0.701. The second kappa shape index (κ2) is 6.20. The van der Waals surface area contributed by atoms with Gasteiger partial charge in [0.25, 0.3) is 0 Å². The van der Waals surface area contributed by atoms with Gasteiger partial charge in [-0.2, -0.15) is 0 Å². The lowest BCUT2D eigenvalue weighted by atomic mass is 10.5. The second-order valence-corrected chi connectivity index (χ2v) is 2.42. The fraction of sp³-hybridized carbons (Fsp3) is 0. The van der Waals surface area contributed by atoms with E-state index in [1.54, 1.807) is 12.1 Å². The SMILES string of the molecule is O=C(O)Oc1ccccn1.c1cc[nH]c1. The summed E-state index contributed by atoms with van der Waals surface area (Å²) < 4.78 is 4.22. The second-order valence-electron chi connectivity index (χ2n) is 2.42. The standard InChI is InChI=1S/C6H5NO3.C4H5N/c8-6(9)10-5-3-1-2-4-7-5;1-2-4-5-3-1/h1-4H,(H,8,9);1-5H.